The van der Waals surface area contributed by atoms with Crippen molar-refractivity contribution in [3.05, 3.63) is 44.3 Å². The molecule has 90 valence electrons. The number of hydrogen-bond acceptors (Lipinski definition) is 3. The summed E-state index contributed by atoms with van der Waals surface area (Å²) in [6.07, 6.45) is 0. The highest BCUT2D eigenvalue weighted by atomic mass is 79.9. The molecule has 1 aromatic carbocycles. The first-order valence-electron chi connectivity index (χ1n) is 5.49. The molecule has 0 radical (unpaired) electrons. The first-order chi connectivity index (χ1) is 8.08. The van der Waals surface area contributed by atoms with Gasteiger partial charge in [-0.3, -0.25) is 0 Å². The van der Waals surface area contributed by atoms with Crippen molar-refractivity contribution < 1.29 is 0 Å². The second kappa shape index (κ2) is 5.19. The normalized spacial score (nSPS) is 12.5. The van der Waals surface area contributed by atoms with E-state index in [1.165, 1.54) is 16.8 Å². The largest absolute Gasteiger partial charge is 0.376 e. The number of anilines is 1. The van der Waals surface area contributed by atoms with E-state index in [9.17, 15) is 0 Å². The second-order valence-corrected chi connectivity index (χ2v) is 5.83. The Morgan fingerprint density at radius 3 is 2.47 bits per heavy atom. The van der Waals surface area contributed by atoms with Crippen LogP contribution in [0.3, 0.4) is 0 Å². The highest BCUT2D eigenvalue weighted by Crippen LogP contribution is 2.28. The zero-order valence-electron chi connectivity index (χ0n) is 10.1. The molecule has 0 spiro atoms. The van der Waals surface area contributed by atoms with Crippen molar-refractivity contribution in [3.63, 3.8) is 0 Å². The highest BCUT2D eigenvalue weighted by molar-refractivity contribution is 9.10. The summed E-state index contributed by atoms with van der Waals surface area (Å²) in [5.41, 5.74) is 6.66. The molecule has 0 aliphatic carbocycles. The third-order valence-electron chi connectivity index (χ3n) is 2.75. The SMILES string of the molecule is Cc1cc(Br)cc(C)c1NC(C)c1cscn1. The van der Waals surface area contributed by atoms with E-state index < -0.39 is 0 Å². The Balaban J connectivity index is 2.25. The molecule has 0 aliphatic heterocycles. The van der Waals surface area contributed by atoms with Crippen LogP contribution in [-0.4, -0.2) is 4.98 Å². The van der Waals surface area contributed by atoms with Gasteiger partial charge in [0.2, 0.25) is 0 Å². The summed E-state index contributed by atoms with van der Waals surface area (Å²) in [7, 11) is 0. The minimum atomic E-state index is 0.236. The number of aromatic nitrogens is 1. The van der Waals surface area contributed by atoms with Crippen LogP contribution in [0.4, 0.5) is 5.69 Å². The van der Waals surface area contributed by atoms with Gasteiger partial charge in [-0.1, -0.05) is 15.9 Å². The Kier molecular flexibility index (Phi) is 3.84. The summed E-state index contributed by atoms with van der Waals surface area (Å²) in [6, 6.07) is 4.49. The van der Waals surface area contributed by atoms with E-state index in [1.807, 2.05) is 5.51 Å². The summed E-state index contributed by atoms with van der Waals surface area (Å²) >= 11 is 5.14. The molecule has 0 fully saturated rings. The van der Waals surface area contributed by atoms with Gasteiger partial charge in [-0.2, -0.15) is 0 Å². The molecule has 1 N–H and O–H groups in total. The lowest BCUT2D eigenvalue weighted by molar-refractivity contribution is 0.846. The third kappa shape index (κ3) is 2.87. The molecule has 4 heteroatoms. The predicted octanol–water partition coefficient (Wildman–Crippen LogP) is 4.70. The minimum Gasteiger partial charge on any atom is -0.376 e. The van der Waals surface area contributed by atoms with Gasteiger partial charge < -0.3 is 5.32 Å². The fraction of sp³-hybridized carbons (Fsp3) is 0.308. The van der Waals surface area contributed by atoms with Gasteiger partial charge in [0.15, 0.2) is 0 Å². The van der Waals surface area contributed by atoms with Gasteiger partial charge in [-0.25, -0.2) is 4.98 Å². The molecule has 0 bridgehead atoms. The quantitative estimate of drug-likeness (QED) is 0.889. The van der Waals surface area contributed by atoms with Gasteiger partial charge in [0.1, 0.15) is 0 Å². The first kappa shape index (κ1) is 12.6. The lowest BCUT2D eigenvalue weighted by Gasteiger charge is -2.18. The topological polar surface area (TPSA) is 24.9 Å². The van der Waals surface area contributed by atoms with E-state index in [1.54, 1.807) is 11.3 Å². The fourth-order valence-electron chi connectivity index (χ4n) is 1.86. The van der Waals surface area contributed by atoms with Crippen molar-refractivity contribution >= 4 is 33.0 Å². The van der Waals surface area contributed by atoms with Crippen LogP contribution < -0.4 is 5.32 Å². The minimum absolute atomic E-state index is 0.236. The van der Waals surface area contributed by atoms with Crippen molar-refractivity contribution in [2.24, 2.45) is 0 Å². The molecule has 0 saturated heterocycles. The summed E-state index contributed by atoms with van der Waals surface area (Å²) in [6.45, 7) is 6.37. The highest BCUT2D eigenvalue weighted by Gasteiger charge is 2.10. The van der Waals surface area contributed by atoms with Crippen molar-refractivity contribution in [2.45, 2.75) is 26.8 Å². The Morgan fingerprint density at radius 1 is 1.29 bits per heavy atom. The molecule has 1 unspecified atom stereocenters. The molecule has 0 aliphatic rings. The molecule has 2 nitrogen and oxygen atoms in total. The maximum absolute atomic E-state index is 4.34. The average Bonchev–Trinajstić information content (AvgIpc) is 2.76. The number of nitrogens with zero attached hydrogens (tertiary/aromatic N) is 1. The van der Waals surface area contributed by atoms with Gasteiger partial charge >= 0.3 is 0 Å². The standard InChI is InChI=1S/C13H15BrN2S/c1-8-4-11(14)5-9(2)13(8)16-10(3)12-6-17-7-15-12/h4-7,10,16H,1-3H3. The van der Waals surface area contributed by atoms with Gasteiger partial charge in [-0.05, 0) is 44.0 Å². The van der Waals surface area contributed by atoms with Crippen LogP contribution in [-0.2, 0) is 0 Å². The maximum atomic E-state index is 4.34. The van der Waals surface area contributed by atoms with Crippen LogP contribution >= 0.6 is 27.3 Å². The smallest absolute Gasteiger partial charge is 0.0795 e. The summed E-state index contributed by atoms with van der Waals surface area (Å²) in [5.74, 6) is 0. The third-order valence-corrected chi connectivity index (χ3v) is 3.82. The van der Waals surface area contributed by atoms with Gasteiger partial charge in [0.05, 0.1) is 17.2 Å². The van der Waals surface area contributed by atoms with E-state index in [4.69, 9.17) is 0 Å². The summed E-state index contributed by atoms with van der Waals surface area (Å²) in [5, 5.41) is 5.62. The summed E-state index contributed by atoms with van der Waals surface area (Å²) < 4.78 is 1.12. The van der Waals surface area contributed by atoms with E-state index in [-0.39, 0.29) is 6.04 Å². The van der Waals surface area contributed by atoms with Crippen LogP contribution in [0.1, 0.15) is 29.8 Å². The van der Waals surface area contributed by atoms with Crippen LogP contribution in [0.5, 0.6) is 0 Å². The van der Waals surface area contributed by atoms with Crippen molar-refractivity contribution in [1.82, 2.24) is 4.98 Å². The zero-order valence-corrected chi connectivity index (χ0v) is 12.5. The number of rotatable bonds is 3. The first-order valence-corrected chi connectivity index (χ1v) is 7.23. The van der Waals surface area contributed by atoms with Crippen molar-refractivity contribution in [2.75, 3.05) is 5.32 Å². The molecule has 1 aromatic heterocycles. The molecule has 1 atom stereocenters. The van der Waals surface area contributed by atoms with E-state index in [2.05, 4.69) is 64.5 Å². The average molecular weight is 311 g/mol. The van der Waals surface area contributed by atoms with Gasteiger partial charge in [0.25, 0.3) is 0 Å². The zero-order chi connectivity index (χ0) is 12.4. The Labute approximate surface area is 114 Å². The number of benzene rings is 1. The van der Waals surface area contributed by atoms with Crippen LogP contribution in [0.25, 0.3) is 0 Å². The predicted molar refractivity (Wildman–Crippen MR) is 77.8 cm³/mol. The van der Waals surface area contributed by atoms with Crippen LogP contribution in [0.2, 0.25) is 0 Å². The molecule has 17 heavy (non-hydrogen) atoms. The number of aryl methyl sites for hydroxylation is 2. The monoisotopic (exact) mass is 310 g/mol. The van der Waals surface area contributed by atoms with Crippen molar-refractivity contribution in [1.29, 1.82) is 0 Å². The van der Waals surface area contributed by atoms with E-state index >= 15 is 0 Å². The van der Waals surface area contributed by atoms with E-state index in [0.717, 1.165) is 10.2 Å². The molecule has 2 aromatic rings. The van der Waals surface area contributed by atoms with Gasteiger partial charge in [-0.15, -0.1) is 11.3 Å². The van der Waals surface area contributed by atoms with E-state index in [0.29, 0.717) is 0 Å². The molecular formula is C13H15BrN2S. The molecular weight excluding hydrogens is 296 g/mol. The number of hydrogen-bond donors (Lipinski definition) is 1. The number of thiazole rings is 1. The Morgan fingerprint density at radius 2 is 1.94 bits per heavy atom. The van der Waals surface area contributed by atoms with Crippen molar-refractivity contribution in [3.8, 4) is 0 Å². The molecule has 0 amide bonds. The van der Waals surface area contributed by atoms with Gasteiger partial charge in [0, 0.05) is 15.5 Å². The number of nitrogens with one attached hydrogen (secondary N) is 1. The second-order valence-electron chi connectivity index (χ2n) is 4.19. The lowest BCUT2D eigenvalue weighted by atomic mass is 10.1. The molecule has 2 rings (SSSR count). The summed E-state index contributed by atoms with van der Waals surface area (Å²) in [4.78, 5) is 4.34. The van der Waals surface area contributed by atoms with Crippen LogP contribution in [0, 0.1) is 13.8 Å². The lowest BCUT2D eigenvalue weighted by Crippen LogP contribution is -2.09. The Bertz CT molecular complexity index is 485. The molecule has 1 heterocycles. The maximum Gasteiger partial charge on any atom is 0.0795 e. The number of halogens is 1. The fourth-order valence-corrected chi connectivity index (χ4v) is 3.20. The van der Waals surface area contributed by atoms with Crippen LogP contribution in [0.15, 0.2) is 27.5 Å². The molecule has 0 saturated carbocycles. The Hall–Kier alpha value is -0.870.